The summed E-state index contributed by atoms with van der Waals surface area (Å²) >= 11 is 1.51. The molecule has 10 heteroatoms. The standard InChI is InChI=1S/C18H21N5OS.3ClH/c1-22(9-16-11-25-13-21-16)18(24)17(19)7-15-10-23(12-20-15)8-14-5-3-2-4-6-14;;;/h2-6,10-13,17H,7-9,19H2,1H3;3*1H/t17-;;;/m0.../s1. The van der Waals surface area contributed by atoms with Crippen LogP contribution in [0.3, 0.4) is 0 Å². The summed E-state index contributed by atoms with van der Waals surface area (Å²) in [4.78, 5) is 22.6. The van der Waals surface area contributed by atoms with Gasteiger partial charge in [0.25, 0.3) is 0 Å². The van der Waals surface area contributed by atoms with Crippen LogP contribution in [0.2, 0.25) is 0 Å². The second-order valence-electron chi connectivity index (χ2n) is 6.01. The van der Waals surface area contributed by atoms with Gasteiger partial charge in [-0.3, -0.25) is 4.79 Å². The molecule has 154 valence electrons. The molecule has 3 aromatic rings. The van der Waals surface area contributed by atoms with Gasteiger partial charge in [-0.25, -0.2) is 9.97 Å². The fraction of sp³-hybridized carbons (Fsp3) is 0.278. The summed E-state index contributed by atoms with van der Waals surface area (Å²) in [5.74, 6) is -0.106. The van der Waals surface area contributed by atoms with Crippen LogP contribution in [0.5, 0.6) is 0 Å². The Morgan fingerprint density at radius 2 is 1.89 bits per heavy atom. The molecule has 0 aliphatic rings. The lowest BCUT2D eigenvalue weighted by Crippen LogP contribution is -2.42. The Bertz CT molecular complexity index is 814. The molecule has 0 radical (unpaired) electrons. The van der Waals surface area contributed by atoms with Gasteiger partial charge in [-0.05, 0) is 5.56 Å². The summed E-state index contributed by atoms with van der Waals surface area (Å²) in [5.41, 5.74) is 10.7. The molecular formula is C18H24Cl3N5OS. The van der Waals surface area contributed by atoms with Crippen LogP contribution in [-0.2, 0) is 24.3 Å². The number of halogens is 3. The number of imidazole rings is 1. The SMILES string of the molecule is CN(Cc1cscn1)C(=O)[C@@H](N)Cc1cn(Cc2ccccc2)cn1.Cl.Cl.Cl. The van der Waals surface area contributed by atoms with Crippen molar-refractivity contribution in [3.05, 3.63) is 70.7 Å². The Hall–Kier alpha value is -1.64. The number of likely N-dealkylation sites (N-methyl/N-ethyl adjacent to an activating group) is 1. The number of nitrogens with zero attached hydrogens (tertiary/aromatic N) is 4. The van der Waals surface area contributed by atoms with Crippen LogP contribution in [0.25, 0.3) is 0 Å². The zero-order valence-corrected chi connectivity index (χ0v) is 18.6. The Morgan fingerprint density at radius 3 is 2.54 bits per heavy atom. The van der Waals surface area contributed by atoms with Gasteiger partial charge in [0.05, 0.1) is 35.8 Å². The van der Waals surface area contributed by atoms with Crippen molar-refractivity contribution in [2.45, 2.75) is 25.6 Å². The number of benzene rings is 1. The first-order valence-corrected chi connectivity index (χ1v) is 8.98. The van der Waals surface area contributed by atoms with E-state index in [1.807, 2.05) is 34.3 Å². The van der Waals surface area contributed by atoms with E-state index in [1.165, 1.54) is 16.9 Å². The van der Waals surface area contributed by atoms with Gasteiger partial charge in [-0.15, -0.1) is 48.6 Å². The fourth-order valence-electron chi connectivity index (χ4n) is 2.62. The molecule has 0 bridgehead atoms. The second kappa shape index (κ2) is 12.7. The van der Waals surface area contributed by atoms with Crippen LogP contribution in [0.1, 0.15) is 17.0 Å². The predicted molar refractivity (Wildman–Crippen MR) is 120 cm³/mol. The number of hydrogen-bond donors (Lipinski definition) is 1. The number of thiazole rings is 1. The largest absolute Gasteiger partial charge is 0.338 e. The minimum absolute atomic E-state index is 0. The van der Waals surface area contributed by atoms with Crippen molar-refractivity contribution in [2.75, 3.05) is 7.05 Å². The van der Waals surface area contributed by atoms with E-state index < -0.39 is 6.04 Å². The molecule has 2 N–H and O–H groups in total. The summed E-state index contributed by atoms with van der Waals surface area (Å²) in [6, 6.07) is 9.56. The van der Waals surface area contributed by atoms with E-state index in [4.69, 9.17) is 5.73 Å². The lowest BCUT2D eigenvalue weighted by molar-refractivity contribution is -0.131. The molecule has 3 rings (SSSR count). The molecule has 1 aromatic carbocycles. The number of carbonyl (C=O) groups is 1. The van der Waals surface area contributed by atoms with Crippen molar-refractivity contribution in [1.29, 1.82) is 0 Å². The number of nitrogens with two attached hydrogens (primary N) is 1. The van der Waals surface area contributed by atoms with E-state index in [1.54, 1.807) is 23.8 Å². The smallest absolute Gasteiger partial charge is 0.239 e. The van der Waals surface area contributed by atoms with Crippen LogP contribution in [0.15, 0.2) is 53.7 Å². The van der Waals surface area contributed by atoms with E-state index >= 15 is 0 Å². The third-order valence-electron chi connectivity index (χ3n) is 3.90. The maximum absolute atomic E-state index is 12.4. The zero-order chi connectivity index (χ0) is 17.6. The molecule has 1 atom stereocenters. The van der Waals surface area contributed by atoms with E-state index in [9.17, 15) is 4.79 Å². The number of carbonyl (C=O) groups excluding carboxylic acids is 1. The Morgan fingerprint density at radius 1 is 1.18 bits per heavy atom. The summed E-state index contributed by atoms with van der Waals surface area (Å²) in [5, 5.41) is 1.93. The maximum atomic E-state index is 12.4. The molecule has 0 aliphatic carbocycles. The van der Waals surface area contributed by atoms with Gasteiger partial charge in [-0.2, -0.15) is 0 Å². The second-order valence-corrected chi connectivity index (χ2v) is 6.73. The molecule has 0 aliphatic heterocycles. The minimum atomic E-state index is -0.608. The van der Waals surface area contributed by atoms with Crippen molar-refractivity contribution in [2.24, 2.45) is 5.73 Å². The highest BCUT2D eigenvalue weighted by Crippen LogP contribution is 2.08. The zero-order valence-electron chi connectivity index (χ0n) is 15.3. The fourth-order valence-corrected chi connectivity index (χ4v) is 3.17. The third kappa shape index (κ3) is 7.41. The molecule has 0 saturated carbocycles. The Balaban J connectivity index is 0.00000243. The molecule has 2 aromatic heterocycles. The van der Waals surface area contributed by atoms with Gasteiger partial charge < -0.3 is 15.2 Å². The van der Waals surface area contributed by atoms with Crippen LogP contribution in [0, 0.1) is 0 Å². The molecule has 1 amide bonds. The van der Waals surface area contributed by atoms with Gasteiger partial charge in [0, 0.05) is 31.6 Å². The summed E-state index contributed by atoms with van der Waals surface area (Å²) in [6.45, 7) is 1.22. The molecule has 0 saturated heterocycles. The molecule has 0 unspecified atom stereocenters. The average Bonchev–Trinajstić information content (AvgIpc) is 3.27. The van der Waals surface area contributed by atoms with Crippen molar-refractivity contribution in [1.82, 2.24) is 19.4 Å². The van der Waals surface area contributed by atoms with Gasteiger partial charge >= 0.3 is 0 Å². The predicted octanol–water partition coefficient (Wildman–Crippen LogP) is 3.18. The lowest BCUT2D eigenvalue weighted by Gasteiger charge is -2.20. The third-order valence-corrected chi connectivity index (χ3v) is 4.54. The van der Waals surface area contributed by atoms with Gasteiger partial charge in [-0.1, -0.05) is 30.3 Å². The quantitative estimate of drug-likeness (QED) is 0.582. The Kier molecular flexibility index (Phi) is 12.0. The molecular weight excluding hydrogens is 441 g/mol. The van der Waals surface area contributed by atoms with Gasteiger partial charge in [0.15, 0.2) is 0 Å². The van der Waals surface area contributed by atoms with Crippen LogP contribution in [0.4, 0.5) is 0 Å². The average molecular weight is 465 g/mol. The van der Waals surface area contributed by atoms with E-state index in [-0.39, 0.29) is 43.1 Å². The van der Waals surface area contributed by atoms with Crippen molar-refractivity contribution in [3.8, 4) is 0 Å². The first kappa shape index (κ1) is 26.4. The van der Waals surface area contributed by atoms with Gasteiger partial charge in [0.2, 0.25) is 5.91 Å². The van der Waals surface area contributed by atoms with E-state index in [0.717, 1.165) is 17.9 Å². The minimum Gasteiger partial charge on any atom is -0.338 e. The molecule has 2 heterocycles. The number of amides is 1. The highest BCUT2D eigenvalue weighted by molar-refractivity contribution is 7.07. The number of aromatic nitrogens is 3. The molecule has 6 nitrogen and oxygen atoms in total. The maximum Gasteiger partial charge on any atom is 0.239 e. The van der Waals surface area contributed by atoms with Crippen molar-refractivity contribution < 1.29 is 4.79 Å². The van der Waals surface area contributed by atoms with E-state index in [2.05, 4.69) is 22.1 Å². The highest BCUT2D eigenvalue weighted by Gasteiger charge is 2.20. The number of rotatable bonds is 7. The monoisotopic (exact) mass is 463 g/mol. The van der Waals surface area contributed by atoms with E-state index in [0.29, 0.717) is 13.0 Å². The topological polar surface area (TPSA) is 77.0 Å². The summed E-state index contributed by atoms with van der Waals surface area (Å²) < 4.78 is 2.00. The van der Waals surface area contributed by atoms with Crippen LogP contribution >= 0.6 is 48.6 Å². The molecule has 0 spiro atoms. The van der Waals surface area contributed by atoms with Gasteiger partial charge in [0.1, 0.15) is 0 Å². The lowest BCUT2D eigenvalue weighted by atomic mass is 10.1. The first-order valence-electron chi connectivity index (χ1n) is 8.04. The van der Waals surface area contributed by atoms with Crippen LogP contribution in [-0.4, -0.2) is 38.4 Å². The number of hydrogen-bond acceptors (Lipinski definition) is 5. The van der Waals surface area contributed by atoms with Crippen molar-refractivity contribution in [3.63, 3.8) is 0 Å². The molecule has 0 fully saturated rings. The highest BCUT2D eigenvalue weighted by atomic mass is 35.5. The van der Waals surface area contributed by atoms with Crippen molar-refractivity contribution >= 4 is 54.5 Å². The molecule has 28 heavy (non-hydrogen) atoms. The first-order chi connectivity index (χ1) is 12.1. The normalized spacial score (nSPS) is 10.8. The van der Waals surface area contributed by atoms with Crippen LogP contribution < -0.4 is 5.73 Å². The Labute approximate surface area is 187 Å². The summed E-state index contributed by atoms with van der Waals surface area (Å²) in [7, 11) is 1.75. The summed E-state index contributed by atoms with van der Waals surface area (Å²) in [6.07, 6.45) is 4.14.